The molecular weight excluding hydrogens is 204 g/mol. The van der Waals surface area contributed by atoms with Gasteiger partial charge >= 0.3 is 0 Å². The Kier molecular flexibility index (Phi) is 6.57. The highest BCUT2D eigenvalue weighted by molar-refractivity contribution is 7.98. The van der Waals surface area contributed by atoms with Crippen LogP contribution in [0.15, 0.2) is 12.4 Å². The lowest BCUT2D eigenvalue weighted by molar-refractivity contribution is -0.703. The van der Waals surface area contributed by atoms with Crippen LogP contribution in [0.1, 0.15) is 38.4 Å². The third-order valence-electron chi connectivity index (χ3n) is 2.62. The predicted molar refractivity (Wildman–Crippen MR) is 67.2 cm³/mol. The minimum absolute atomic E-state index is 1.17. The van der Waals surface area contributed by atoms with Gasteiger partial charge in [0.05, 0.1) is 6.54 Å². The minimum Gasteiger partial charge on any atom is -0.248 e. The van der Waals surface area contributed by atoms with Gasteiger partial charge in [-0.1, -0.05) is 13.3 Å². The summed E-state index contributed by atoms with van der Waals surface area (Å²) in [5.74, 6) is 2.65. The van der Waals surface area contributed by atoms with E-state index in [1.807, 2.05) is 11.8 Å². The standard InChI is InChI=1S/C12H22N2S/c1-3-4-5-9-14-10-8-13-12(14)7-6-11-15-2/h8,10H,3-7,9,11H2,1-2H3/p+1. The Balaban J connectivity index is 2.32. The highest BCUT2D eigenvalue weighted by atomic mass is 32.2. The van der Waals surface area contributed by atoms with E-state index in [-0.39, 0.29) is 0 Å². The molecule has 2 nitrogen and oxygen atoms in total. The monoisotopic (exact) mass is 227 g/mol. The number of unbranched alkanes of at least 4 members (excludes halogenated alkanes) is 2. The highest BCUT2D eigenvalue weighted by Crippen LogP contribution is 2.01. The molecule has 15 heavy (non-hydrogen) atoms. The Bertz CT molecular complexity index is 233. The van der Waals surface area contributed by atoms with E-state index in [0.29, 0.717) is 0 Å². The summed E-state index contributed by atoms with van der Waals surface area (Å²) in [4.78, 5) is 3.35. The number of hydrogen-bond donors (Lipinski definition) is 1. The molecular formula is C12H23N2S+. The quantitative estimate of drug-likeness (QED) is 0.535. The molecule has 1 N–H and O–H groups in total. The first-order valence-electron chi connectivity index (χ1n) is 5.93. The third kappa shape index (κ3) is 4.74. The number of aromatic amines is 1. The van der Waals surface area contributed by atoms with Crippen molar-refractivity contribution in [2.45, 2.75) is 45.6 Å². The molecule has 0 fully saturated rings. The first-order chi connectivity index (χ1) is 7.38. The van der Waals surface area contributed by atoms with E-state index in [1.165, 1.54) is 50.2 Å². The van der Waals surface area contributed by atoms with Crippen LogP contribution in [0.2, 0.25) is 0 Å². The van der Waals surface area contributed by atoms with Gasteiger partial charge in [0.25, 0.3) is 5.82 Å². The molecule has 1 aromatic heterocycles. The van der Waals surface area contributed by atoms with Gasteiger partial charge in [-0.2, -0.15) is 11.8 Å². The van der Waals surface area contributed by atoms with Crippen LogP contribution in [0.4, 0.5) is 0 Å². The molecule has 0 saturated carbocycles. The highest BCUT2D eigenvalue weighted by Gasteiger charge is 2.08. The van der Waals surface area contributed by atoms with Gasteiger partial charge in [0.1, 0.15) is 12.4 Å². The van der Waals surface area contributed by atoms with Crippen LogP contribution in [-0.4, -0.2) is 17.0 Å². The normalized spacial score (nSPS) is 10.8. The molecule has 0 aromatic carbocycles. The SMILES string of the molecule is CCCCC[n+]1cc[nH]c1CCCSC. The second-order valence-electron chi connectivity index (χ2n) is 3.90. The van der Waals surface area contributed by atoms with Gasteiger partial charge in [-0.25, -0.2) is 9.55 Å². The van der Waals surface area contributed by atoms with Gasteiger partial charge in [0, 0.05) is 6.42 Å². The van der Waals surface area contributed by atoms with Crippen LogP contribution in [0, 0.1) is 0 Å². The number of aromatic nitrogens is 2. The average Bonchev–Trinajstić information content (AvgIpc) is 2.67. The fourth-order valence-corrected chi connectivity index (χ4v) is 2.17. The predicted octanol–water partition coefficient (Wildman–Crippen LogP) is 2.79. The van der Waals surface area contributed by atoms with Crippen LogP contribution in [0.3, 0.4) is 0 Å². The number of nitrogens with one attached hydrogen (secondary N) is 1. The molecule has 0 bridgehead atoms. The summed E-state index contributed by atoms with van der Waals surface area (Å²) in [5, 5.41) is 0. The molecule has 1 aromatic rings. The molecule has 86 valence electrons. The molecule has 1 heterocycles. The van der Waals surface area contributed by atoms with Crippen molar-refractivity contribution in [2.75, 3.05) is 12.0 Å². The number of rotatable bonds is 8. The lowest BCUT2D eigenvalue weighted by atomic mass is 10.2. The largest absolute Gasteiger partial charge is 0.254 e. The molecule has 0 atom stereocenters. The van der Waals surface area contributed by atoms with E-state index >= 15 is 0 Å². The molecule has 1 rings (SSSR count). The van der Waals surface area contributed by atoms with E-state index < -0.39 is 0 Å². The van der Waals surface area contributed by atoms with Crippen molar-refractivity contribution < 1.29 is 4.57 Å². The Hall–Kier alpha value is -0.440. The van der Waals surface area contributed by atoms with Crippen LogP contribution in [0.25, 0.3) is 0 Å². The fraction of sp³-hybridized carbons (Fsp3) is 0.750. The van der Waals surface area contributed by atoms with Crippen LogP contribution < -0.4 is 4.57 Å². The third-order valence-corrected chi connectivity index (χ3v) is 3.31. The molecule has 0 unspecified atom stereocenters. The van der Waals surface area contributed by atoms with E-state index in [0.717, 1.165) is 0 Å². The summed E-state index contributed by atoms with van der Waals surface area (Å²) in [7, 11) is 0. The summed E-state index contributed by atoms with van der Waals surface area (Å²) in [6.07, 6.45) is 12.8. The molecule has 0 spiro atoms. The summed E-state index contributed by atoms with van der Waals surface area (Å²) in [6, 6.07) is 0. The minimum atomic E-state index is 1.17. The van der Waals surface area contributed by atoms with E-state index in [2.05, 4.69) is 35.1 Å². The zero-order valence-electron chi connectivity index (χ0n) is 9.96. The fourth-order valence-electron chi connectivity index (χ4n) is 1.74. The van der Waals surface area contributed by atoms with Crippen molar-refractivity contribution in [2.24, 2.45) is 0 Å². The molecule has 0 amide bonds. The maximum atomic E-state index is 3.35. The number of nitrogens with zero attached hydrogens (tertiary/aromatic N) is 1. The number of H-pyrrole nitrogens is 1. The smallest absolute Gasteiger partial charge is 0.248 e. The summed E-state index contributed by atoms with van der Waals surface area (Å²) in [6.45, 7) is 3.42. The molecule has 0 aliphatic heterocycles. The molecule has 0 saturated heterocycles. The first-order valence-corrected chi connectivity index (χ1v) is 7.32. The average molecular weight is 227 g/mol. The second-order valence-corrected chi connectivity index (χ2v) is 4.89. The summed E-state index contributed by atoms with van der Waals surface area (Å²) in [5.41, 5.74) is 0. The van der Waals surface area contributed by atoms with Crippen molar-refractivity contribution in [1.29, 1.82) is 0 Å². The Morgan fingerprint density at radius 2 is 2.20 bits per heavy atom. The molecule has 3 heteroatoms. The van der Waals surface area contributed by atoms with Crippen LogP contribution >= 0.6 is 11.8 Å². The molecule has 0 aliphatic rings. The van der Waals surface area contributed by atoms with Crippen molar-refractivity contribution >= 4 is 11.8 Å². The number of imidazole rings is 1. The lowest BCUT2D eigenvalue weighted by Crippen LogP contribution is -2.36. The van der Waals surface area contributed by atoms with Crippen molar-refractivity contribution in [1.82, 2.24) is 4.98 Å². The molecule has 0 aliphatic carbocycles. The van der Waals surface area contributed by atoms with Crippen LogP contribution in [0.5, 0.6) is 0 Å². The maximum absolute atomic E-state index is 3.35. The number of hydrogen-bond acceptors (Lipinski definition) is 1. The van der Waals surface area contributed by atoms with Crippen molar-refractivity contribution in [3.05, 3.63) is 18.2 Å². The topological polar surface area (TPSA) is 19.7 Å². The zero-order valence-corrected chi connectivity index (χ0v) is 10.8. The van der Waals surface area contributed by atoms with Crippen molar-refractivity contribution in [3.8, 4) is 0 Å². The molecule has 0 radical (unpaired) electrons. The number of aryl methyl sites for hydroxylation is 2. The maximum Gasteiger partial charge on any atom is 0.254 e. The van der Waals surface area contributed by atoms with E-state index in [9.17, 15) is 0 Å². The van der Waals surface area contributed by atoms with Gasteiger partial charge in [-0.05, 0) is 31.3 Å². The van der Waals surface area contributed by atoms with E-state index in [1.54, 1.807) is 0 Å². The van der Waals surface area contributed by atoms with E-state index in [4.69, 9.17) is 0 Å². The van der Waals surface area contributed by atoms with Gasteiger partial charge in [-0.15, -0.1) is 0 Å². The zero-order chi connectivity index (χ0) is 10.9. The number of thioether (sulfide) groups is 1. The van der Waals surface area contributed by atoms with Gasteiger partial charge < -0.3 is 0 Å². The first kappa shape index (κ1) is 12.6. The van der Waals surface area contributed by atoms with Gasteiger partial charge in [0.15, 0.2) is 0 Å². The van der Waals surface area contributed by atoms with Crippen LogP contribution in [-0.2, 0) is 13.0 Å². The Morgan fingerprint density at radius 1 is 1.33 bits per heavy atom. The summed E-state index contributed by atoms with van der Waals surface area (Å²) < 4.78 is 2.37. The Labute approximate surface area is 97.5 Å². The Morgan fingerprint density at radius 3 is 2.93 bits per heavy atom. The summed E-state index contributed by atoms with van der Waals surface area (Å²) >= 11 is 1.93. The van der Waals surface area contributed by atoms with Gasteiger partial charge in [0.2, 0.25) is 0 Å². The van der Waals surface area contributed by atoms with Crippen molar-refractivity contribution in [3.63, 3.8) is 0 Å². The second kappa shape index (κ2) is 7.80. The lowest BCUT2D eigenvalue weighted by Gasteiger charge is -2.00. The van der Waals surface area contributed by atoms with Gasteiger partial charge in [-0.3, -0.25) is 0 Å².